The summed E-state index contributed by atoms with van der Waals surface area (Å²) in [5, 5.41) is 23.9. The van der Waals surface area contributed by atoms with Gasteiger partial charge in [0.05, 0.1) is 6.04 Å². The highest BCUT2D eigenvalue weighted by molar-refractivity contribution is 5.93. The molecule has 3 rings (SSSR count). The minimum atomic E-state index is -1.02. The standard InChI is InChI=1S/C30H41N5O6/c1-19(2)27-30(40)34-25(18-33-20(3)36)28(38)32-14-6-8-22-7-4-5-9-26(22)41-16-15-31-24(29(39)35-27)17-21-10-12-23(37)13-11-21/h4-5,7,9-13,19,24-25,27,31,37H,6,8,14-18H2,1-3H3,(H,32,38)(H,33,36)(H,34,40)(H,35,39)/t24-,25+,27-/m1/s1. The van der Waals surface area contributed by atoms with E-state index >= 15 is 0 Å². The number of amides is 4. The fourth-order valence-electron chi connectivity index (χ4n) is 4.49. The van der Waals surface area contributed by atoms with Crippen molar-refractivity contribution in [2.75, 3.05) is 26.2 Å². The number of para-hydroxylation sites is 1. The Kier molecular flexibility index (Phi) is 12.0. The van der Waals surface area contributed by atoms with E-state index in [-0.39, 0.29) is 24.1 Å². The van der Waals surface area contributed by atoms with Crippen molar-refractivity contribution in [3.05, 3.63) is 59.7 Å². The molecule has 1 heterocycles. The van der Waals surface area contributed by atoms with Gasteiger partial charge < -0.3 is 36.4 Å². The molecule has 0 radical (unpaired) electrons. The Morgan fingerprint density at radius 1 is 0.976 bits per heavy atom. The summed E-state index contributed by atoms with van der Waals surface area (Å²) in [6.07, 6.45) is 1.61. The molecule has 4 amide bonds. The number of carbonyl (C=O) groups excluding carboxylic acids is 4. The zero-order chi connectivity index (χ0) is 29.8. The number of benzene rings is 2. The van der Waals surface area contributed by atoms with Gasteiger partial charge in [0.25, 0.3) is 0 Å². The number of rotatable bonds is 5. The SMILES string of the molecule is CC(=O)NC[C@@H]1NC(=O)[C@@H](C(C)C)NC(=O)[C@@H](Cc2ccc(O)cc2)NCCOc2ccccc2CCCNC1=O. The van der Waals surface area contributed by atoms with Crippen molar-refractivity contribution in [3.8, 4) is 11.5 Å². The first kappa shape index (κ1) is 31.4. The van der Waals surface area contributed by atoms with Gasteiger partial charge in [-0.1, -0.05) is 44.2 Å². The normalized spacial score (nSPS) is 21.3. The molecule has 0 spiro atoms. The summed E-state index contributed by atoms with van der Waals surface area (Å²) in [6.45, 7) is 5.89. The molecule has 11 heteroatoms. The molecule has 6 N–H and O–H groups in total. The molecule has 41 heavy (non-hydrogen) atoms. The third-order valence-electron chi connectivity index (χ3n) is 6.77. The van der Waals surface area contributed by atoms with Crippen LogP contribution in [-0.2, 0) is 32.0 Å². The second-order valence-electron chi connectivity index (χ2n) is 10.5. The average molecular weight is 568 g/mol. The maximum absolute atomic E-state index is 13.5. The Balaban J connectivity index is 1.86. The molecule has 2 aromatic carbocycles. The van der Waals surface area contributed by atoms with Crippen LogP contribution < -0.4 is 31.3 Å². The number of hydrogen-bond donors (Lipinski definition) is 6. The van der Waals surface area contributed by atoms with Crippen LogP contribution in [0.25, 0.3) is 0 Å². The summed E-state index contributed by atoms with van der Waals surface area (Å²) >= 11 is 0. The summed E-state index contributed by atoms with van der Waals surface area (Å²) < 4.78 is 6.03. The number of nitrogens with one attached hydrogen (secondary N) is 5. The zero-order valence-electron chi connectivity index (χ0n) is 23.9. The van der Waals surface area contributed by atoms with Gasteiger partial charge in [-0.25, -0.2) is 0 Å². The van der Waals surface area contributed by atoms with Crippen molar-refractivity contribution in [1.82, 2.24) is 26.6 Å². The van der Waals surface area contributed by atoms with Crippen LogP contribution in [0.15, 0.2) is 48.5 Å². The minimum Gasteiger partial charge on any atom is -0.508 e. The highest BCUT2D eigenvalue weighted by atomic mass is 16.5. The summed E-state index contributed by atoms with van der Waals surface area (Å²) in [4.78, 5) is 51.4. The Morgan fingerprint density at radius 3 is 2.41 bits per heavy atom. The van der Waals surface area contributed by atoms with Crippen LogP contribution in [-0.4, -0.2) is 73.1 Å². The topological polar surface area (TPSA) is 158 Å². The van der Waals surface area contributed by atoms with Crippen molar-refractivity contribution in [1.29, 1.82) is 0 Å². The van der Waals surface area contributed by atoms with Crippen LogP contribution in [0.2, 0.25) is 0 Å². The van der Waals surface area contributed by atoms with Gasteiger partial charge in [-0.3, -0.25) is 19.2 Å². The van der Waals surface area contributed by atoms with Crippen LogP contribution in [0.3, 0.4) is 0 Å². The van der Waals surface area contributed by atoms with Crippen molar-refractivity contribution in [2.45, 2.75) is 58.2 Å². The number of aryl methyl sites for hydroxylation is 1. The second-order valence-corrected chi connectivity index (χ2v) is 10.5. The Bertz CT molecular complexity index is 1190. The molecule has 1 aliphatic heterocycles. The van der Waals surface area contributed by atoms with Gasteiger partial charge in [-0.15, -0.1) is 0 Å². The minimum absolute atomic E-state index is 0.0899. The first-order valence-electron chi connectivity index (χ1n) is 14.0. The molecule has 0 unspecified atom stereocenters. The number of phenols is 1. The molecule has 222 valence electrons. The third-order valence-corrected chi connectivity index (χ3v) is 6.77. The quantitative estimate of drug-likeness (QED) is 0.312. The van der Waals surface area contributed by atoms with Crippen LogP contribution in [0.4, 0.5) is 0 Å². The molecule has 0 fully saturated rings. The molecule has 3 atom stereocenters. The molecule has 2 aromatic rings. The highest BCUT2D eigenvalue weighted by Gasteiger charge is 2.31. The highest BCUT2D eigenvalue weighted by Crippen LogP contribution is 2.19. The number of fused-ring (bicyclic) bond motifs is 1. The molecule has 0 aliphatic carbocycles. The number of aromatic hydroxyl groups is 1. The van der Waals surface area contributed by atoms with Crippen LogP contribution >= 0.6 is 0 Å². The average Bonchev–Trinajstić information content (AvgIpc) is 2.94. The fourth-order valence-corrected chi connectivity index (χ4v) is 4.49. The Labute approximate surface area is 240 Å². The first-order chi connectivity index (χ1) is 19.6. The number of phenolic OH excluding ortho intramolecular Hbond substituents is 1. The fraction of sp³-hybridized carbons (Fsp3) is 0.467. The third kappa shape index (κ3) is 10.1. The second kappa shape index (κ2) is 15.6. The van der Waals surface area contributed by atoms with Gasteiger partial charge in [-0.05, 0) is 54.5 Å². The zero-order valence-corrected chi connectivity index (χ0v) is 23.9. The van der Waals surface area contributed by atoms with E-state index in [4.69, 9.17) is 4.74 Å². The Hall–Kier alpha value is -4.12. The summed E-state index contributed by atoms with van der Waals surface area (Å²) in [6, 6.07) is 11.6. The van der Waals surface area contributed by atoms with Gasteiger partial charge >= 0.3 is 0 Å². The number of carbonyl (C=O) groups is 4. The van der Waals surface area contributed by atoms with Crippen molar-refractivity contribution >= 4 is 23.6 Å². The van der Waals surface area contributed by atoms with E-state index in [1.165, 1.54) is 6.92 Å². The van der Waals surface area contributed by atoms with Crippen molar-refractivity contribution in [3.63, 3.8) is 0 Å². The predicted molar refractivity (Wildman–Crippen MR) is 154 cm³/mol. The van der Waals surface area contributed by atoms with Crippen molar-refractivity contribution < 1.29 is 29.0 Å². The molecule has 0 saturated carbocycles. The number of hydrogen-bond acceptors (Lipinski definition) is 7. The van der Waals surface area contributed by atoms with E-state index in [0.717, 1.165) is 16.9 Å². The predicted octanol–water partition coefficient (Wildman–Crippen LogP) is 0.796. The van der Waals surface area contributed by atoms with E-state index in [2.05, 4.69) is 26.6 Å². The molecule has 0 saturated heterocycles. The first-order valence-corrected chi connectivity index (χ1v) is 14.0. The van der Waals surface area contributed by atoms with Crippen LogP contribution in [0, 0.1) is 5.92 Å². The molecular formula is C30H41N5O6. The lowest BCUT2D eigenvalue weighted by Crippen LogP contribution is -2.60. The molecule has 0 aromatic heterocycles. The molecular weight excluding hydrogens is 526 g/mol. The van der Waals surface area contributed by atoms with Gasteiger partial charge in [0.15, 0.2) is 0 Å². The van der Waals surface area contributed by atoms with E-state index in [0.29, 0.717) is 39.0 Å². The van der Waals surface area contributed by atoms with Gasteiger partial charge in [0.1, 0.15) is 30.2 Å². The largest absolute Gasteiger partial charge is 0.508 e. The lowest BCUT2D eigenvalue weighted by atomic mass is 10.0. The van der Waals surface area contributed by atoms with Crippen LogP contribution in [0.1, 0.15) is 38.3 Å². The smallest absolute Gasteiger partial charge is 0.244 e. The summed E-state index contributed by atoms with van der Waals surface area (Å²) in [5.41, 5.74) is 1.81. The van der Waals surface area contributed by atoms with E-state index in [1.807, 2.05) is 24.3 Å². The van der Waals surface area contributed by atoms with E-state index in [1.54, 1.807) is 38.1 Å². The maximum atomic E-state index is 13.5. The maximum Gasteiger partial charge on any atom is 0.244 e. The lowest BCUT2D eigenvalue weighted by Gasteiger charge is -2.27. The Morgan fingerprint density at radius 2 is 1.71 bits per heavy atom. The molecule has 11 nitrogen and oxygen atoms in total. The summed E-state index contributed by atoms with van der Waals surface area (Å²) in [5.74, 6) is -1.12. The monoisotopic (exact) mass is 567 g/mol. The van der Waals surface area contributed by atoms with E-state index < -0.39 is 35.8 Å². The van der Waals surface area contributed by atoms with E-state index in [9.17, 15) is 24.3 Å². The van der Waals surface area contributed by atoms with Gasteiger partial charge in [0.2, 0.25) is 23.6 Å². The molecule has 1 aliphatic rings. The molecule has 0 bridgehead atoms. The lowest BCUT2D eigenvalue weighted by molar-refractivity contribution is -0.133. The van der Waals surface area contributed by atoms with Gasteiger partial charge in [0, 0.05) is 26.6 Å². The van der Waals surface area contributed by atoms with Crippen LogP contribution in [0.5, 0.6) is 11.5 Å². The number of ether oxygens (including phenoxy) is 1. The summed E-state index contributed by atoms with van der Waals surface area (Å²) in [7, 11) is 0. The van der Waals surface area contributed by atoms with Crippen molar-refractivity contribution in [2.24, 2.45) is 5.92 Å². The van der Waals surface area contributed by atoms with Gasteiger partial charge in [-0.2, -0.15) is 0 Å².